The van der Waals surface area contributed by atoms with Gasteiger partial charge >= 0.3 is 5.97 Å². The van der Waals surface area contributed by atoms with Crippen LogP contribution in [0.5, 0.6) is 0 Å². The fourth-order valence-electron chi connectivity index (χ4n) is 2.60. The highest BCUT2D eigenvalue weighted by Crippen LogP contribution is 2.34. The smallest absolute Gasteiger partial charge is 0.344 e. The number of aromatic amines is 1. The quantitative estimate of drug-likeness (QED) is 0.698. The van der Waals surface area contributed by atoms with Crippen LogP contribution in [0, 0.1) is 0 Å². The molecule has 0 bridgehead atoms. The summed E-state index contributed by atoms with van der Waals surface area (Å²) in [5.74, 6) is -0.700. The van der Waals surface area contributed by atoms with Gasteiger partial charge in [0.05, 0.1) is 5.02 Å². The minimum Gasteiger partial charge on any atom is -0.456 e. The monoisotopic (exact) mass is 356 g/mol. The highest BCUT2D eigenvalue weighted by molar-refractivity contribution is 6.36. The Bertz CT molecular complexity index is 1000. The Balaban J connectivity index is 2.40. The average molecular weight is 357 g/mol. The summed E-state index contributed by atoms with van der Waals surface area (Å²) in [6.45, 7) is 5.24. The third-order valence-electron chi connectivity index (χ3n) is 3.52. The summed E-state index contributed by atoms with van der Waals surface area (Å²) in [7, 11) is 0. The first-order chi connectivity index (χ1) is 11.8. The fraction of sp³-hybridized carbons (Fsp3) is 0.211. The highest BCUT2D eigenvalue weighted by Gasteiger charge is 2.26. The first-order valence-electron chi connectivity index (χ1n) is 7.77. The number of pyridine rings is 2. The molecule has 1 aromatic carbocycles. The van der Waals surface area contributed by atoms with E-state index in [1.54, 1.807) is 26.8 Å². The highest BCUT2D eigenvalue weighted by atomic mass is 35.5. The van der Waals surface area contributed by atoms with Gasteiger partial charge in [-0.25, -0.2) is 9.78 Å². The molecule has 0 aliphatic carbocycles. The fourth-order valence-corrected chi connectivity index (χ4v) is 2.84. The second-order valence-corrected chi connectivity index (χ2v) is 7.00. The molecular weight excluding hydrogens is 340 g/mol. The van der Waals surface area contributed by atoms with E-state index in [9.17, 15) is 9.59 Å². The maximum atomic E-state index is 12.7. The van der Waals surface area contributed by atoms with E-state index in [4.69, 9.17) is 16.3 Å². The molecule has 0 aliphatic rings. The van der Waals surface area contributed by atoms with Gasteiger partial charge in [-0.05, 0) is 32.4 Å². The molecule has 2 aromatic heterocycles. The molecule has 25 heavy (non-hydrogen) atoms. The summed E-state index contributed by atoms with van der Waals surface area (Å²) in [5.41, 5.74) is 0.0640. The van der Waals surface area contributed by atoms with Gasteiger partial charge in [0, 0.05) is 17.1 Å². The van der Waals surface area contributed by atoms with Crippen molar-refractivity contribution in [2.75, 3.05) is 0 Å². The van der Waals surface area contributed by atoms with E-state index in [1.165, 1.54) is 6.20 Å². The Labute approximate surface area is 149 Å². The van der Waals surface area contributed by atoms with E-state index in [-0.39, 0.29) is 5.56 Å². The number of fused-ring (bicyclic) bond motifs is 1. The van der Waals surface area contributed by atoms with Crippen molar-refractivity contribution in [3.63, 3.8) is 0 Å². The lowest BCUT2D eigenvalue weighted by molar-refractivity contribution is 0.00687. The first-order valence-corrected chi connectivity index (χ1v) is 8.15. The van der Waals surface area contributed by atoms with Crippen LogP contribution in [0.4, 0.5) is 0 Å². The summed E-state index contributed by atoms with van der Waals surface area (Å²) >= 11 is 6.36. The van der Waals surface area contributed by atoms with Crippen LogP contribution in [0.1, 0.15) is 31.1 Å². The molecule has 128 valence electrons. The lowest BCUT2D eigenvalue weighted by Gasteiger charge is -2.21. The van der Waals surface area contributed by atoms with Crippen LogP contribution in [-0.2, 0) is 4.74 Å². The molecule has 0 spiro atoms. The molecule has 0 atom stereocenters. The van der Waals surface area contributed by atoms with Crippen molar-refractivity contribution in [3.8, 4) is 11.1 Å². The van der Waals surface area contributed by atoms with Crippen molar-refractivity contribution < 1.29 is 9.53 Å². The zero-order valence-corrected chi connectivity index (χ0v) is 14.8. The number of aromatic nitrogens is 2. The van der Waals surface area contributed by atoms with Crippen LogP contribution in [0.2, 0.25) is 5.02 Å². The largest absolute Gasteiger partial charge is 0.456 e. The van der Waals surface area contributed by atoms with Crippen LogP contribution >= 0.6 is 11.6 Å². The van der Waals surface area contributed by atoms with E-state index in [2.05, 4.69) is 9.97 Å². The van der Waals surface area contributed by atoms with Gasteiger partial charge in [-0.3, -0.25) is 4.79 Å². The number of carbonyl (C=O) groups is 1. The minimum atomic E-state index is -0.731. The molecule has 0 radical (unpaired) electrons. The number of esters is 1. The molecule has 5 nitrogen and oxygen atoms in total. The Hall–Kier alpha value is -2.66. The van der Waals surface area contributed by atoms with Crippen LogP contribution in [0.3, 0.4) is 0 Å². The SMILES string of the molecule is CC(C)(C)OC(=O)c1c(-c2ccccc2)c2c(Cl)ccnc2[nH]c1=O. The summed E-state index contributed by atoms with van der Waals surface area (Å²) < 4.78 is 5.43. The molecule has 0 amide bonds. The third kappa shape index (κ3) is 3.42. The number of hydrogen-bond acceptors (Lipinski definition) is 4. The van der Waals surface area contributed by atoms with Crippen LogP contribution < -0.4 is 5.56 Å². The second kappa shape index (κ2) is 6.33. The van der Waals surface area contributed by atoms with Crippen molar-refractivity contribution in [2.45, 2.75) is 26.4 Å². The van der Waals surface area contributed by atoms with E-state index in [0.29, 0.717) is 27.2 Å². The van der Waals surface area contributed by atoms with Gasteiger partial charge in [0.15, 0.2) is 0 Å². The predicted octanol–water partition coefficient (Wildman–Crippen LogP) is 4.20. The second-order valence-electron chi connectivity index (χ2n) is 6.59. The number of benzene rings is 1. The average Bonchev–Trinajstić information content (AvgIpc) is 2.53. The lowest BCUT2D eigenvalue weighted by atomic mass is 9.97. The molecule has 0 saturated heterocycles. The van der Waals surface area contributed by atoms with E-state index in [0.717, 1.165) is 0 Å². The molecule has 0 unspecified atom stereocenters. The number of rotatable bonds is 2. The van der Waals surface area contributed by atoms with Gasteiger partial charge in [0.2, 0.25) is 0 Å². The van der Waals surface area contributed by atoms with E-state index < -0.39 is 17.1 Å². The maximum absolute atomic E-state index is 12.7. The minimum absolute atomic E-state index is 0.0801. The normalized spacial score (nSPS) is 11.5. The molecule has 6 heteroatoms. The summed E-state index contributed by atoms with van der Waals surface area (Å²) in [6.07, 6.45) is 1.50. The van der Waals surface area contributed by atoms with Crippen LogP contribution in [0.25, 0.3) is 22.2 Å². The number of hydrogen-bond donors (Lipinski definition) is 1. The number of halogens is 1. The van der Waals surface area contributed by atoms with Gasteiger partial charge in [-0.15, -0.1) is 0 Å². The van der Waals surface area contributed by atoms with Gasteiger partial charge in [0.1, 0.15) is 16.8 Å². The van der Waals surface area contributed by atoms with Gasteiger partial charge in [0.25, 0.3) is 5.56 Å². The number of ether oxygens (including phenoxy) is 1. The van der Waals surface area contributed by atoms with Gasteiger partial charge < -0.3 is 9.72 Å². The molecule has 3 rings (SSSR count). The van der Waals surface area contributed by atoms with Crippen molar-refractivity contribution in [1.82, 2.24) is 9.97 Å². The topological polar surface area (TPSA) is 72.0 Å². The van der Waals surface area contributed by atoms with Crippen LogP contribution in [-0.4, -0.2) is 21.5 Å². The van der Waals surface area contributed by atoms with Gasteiger partial charge in [-0.2, -0.15) is 0 Å². The number of nitrogens with one attached hydrogen (secondary N) is 1. The van der Waals surface area contributed by atoms with Crippen LogP contribution in [0.15, 0.2) is 47.4 Å². The predicted molar refractivity (Wildman–Crippen MR) is 98.0 cm³/mol. The first kappa shape index (κ1) is 17.2. The number of carbonyl (C=O) groups excluding carboxylic acids is 1. The Kier molecular flexibility index (Phi) is 4.35. The molecular formula is C19H17ClN2O3. The molecule has 2 heterocycles. The summed E-state index contributed by atoms with van der Waals surface area (Å²) in [5, 5.41) is 0.903. The van der Waals surface area contributed by atoms with Crippen molar-refractivity contribution in [2.24, 2.45) is 0 Å². The third-order valence-corrected chi connectivity index (χ3v) is 3.84. The number of nitrogens with zero attached hydrogens (tertiary/aromatic N) is 1. The summed E-state index contributed by atoms with van der Waals surface area (Å²) in [6, 6.07) is 10.7. The maximum Gasteiger partial charge on any atom is 0.344 e. The van der Waals surface area contributed by atoms with Gasteiger partial charge in [-0.1, -0.05) is 41.9 Å². The molecule has 3 aromatic rings. The van der Waals surface area contributed by atoms with E-state index in [1.807, 2.05) is 30.3 Å². The lowest BCUT2D eigenvalue weighted by Crippen LogP contribution is -2.29. The Morgan fingerprint density at radius 3 is 2.48 bits per heavy atom. The molecule has 0 aliphatic heterocycles. The van der Waals surface area contributed by atoms with Crippen molar-refractivity contribution >= 4 is 28.6 Å². The molecule has 0 fully saturated rings. The Morgan fingerprint density at radius 1 is 1.16 bits per heavy atom. The van der Waals surface area contributed by atoms with E-state index >= 15 is 0 Å². The standard InChI is InChI=1S/C19H17ClN2O3/c1-19(2,3)25-18(24)15-13(11-7-5-4-6-8-11)14-12(20)9-10-21-16(14)22-17(15)23/h4-10H,1-3H3,(H,21,22,23). The Morgan fingerprint density at radius 2 is 1.84 bits per heavy atom. The zero-order chi connectivity index (χ0) is 18.2. The zero-order valence-electron chi connectivity index (χ0n) is 14.1. The van der Waals surface area contributed by atoms with Crippen molar-refractivity contribution in [3.05, 3.63) is 63.5 Å². The van der Waals surface area contributed by atoms with Crippen molar-refractivity contribution in [1.29, 1.82) is 0 Å². The molecule has 0 saturated carbocycles. The number of H-pyrrole nitrogens is 1. The summed E-state index contributed by atoms with van der Waals surface area (Å²) in [4.78, 5) is 32.1. The molecule has 1 N–H and O–H groups in total.